The zero-order valence-corrected chi connectivity index (χ0v) is 8.29. The zero-order chi connectivity index (χ0) is 9.68. The van der Waals surface area contributed by atoms with Gasteiger partial charge in [0.25, 0.3) is 0 Å². The van der Waals surface area contributed by atoms with Gasteiger partial charge in [0, 0.05) is 13.2 Å². The van der Waals surface area contributed by atoms with Crippen molar-refractivity contribution >= 4 is 0 Å². The molecule has 0 saturated carbocycles. The van der Waals surface area contributed by atoms with Crippen molar-refractivity contribution < 1.29 is 4.74 Å². The predicted octanol–water partition coefficient (Wildman–Crippen LogP) is 1.90. The minimum atomic E-state index is 0.113. The summed E-state index contributed by atoms with van der Waals surface area (Å²) >= 11 is 0. The van der Waals surface area contributed by atoms with Gasteiger partial charge in [0.05, 0.1) is 6.61 Å². The van der Waals surface area contributed by atoms with E-state index in [-0.39, 0.29) is 6.04 Å². The molecule has 1 rings (SSSR count). The molecule has 0 amide bonds. The highest BCUT2D eigenvalue weighted by Crippen LogP contribution is 2.12. The zero-order valence-electron chi connectivity index (χ0n) is 8.29. The Morgan fingerprint density at radius 2 is 2.23 bits per heavy atom. The van der Waals surface area contributed by atoms with Crippen molar-refractivity contribution in [2.75, 3.05) is 13.7 Å². The maximum atomic E-state index is 5.78. The van der Waals surface area contributed by atoms with Gasteiger partial charge in [-0.15, -0.1) is 0 Å². The van der Waals surface area contributed by atoms with Crippen LogP contribution in [0.4, 0.5) is 0 Å². The summed E-state index contributed by atoms with van der Waals surface area (Å²) in [5.41, 5.74) is 8.26. The second-order valence-corrected chi connectivity index (χ2v) is 3.28. The van der Waals surface area contributed by atoms with Crippen LogP contribution in [0.3, 0.4) is 0 Å². The molecule has 1 atom stereocenters. The first-order valence-corrected chi connectivity index (χ1v) is 4.57. The minimum absolute atomic E-state index is 0.113. The van der Waals surface area contributed by atoms with Crippen LogP contribution in [0.25, 0.3) is 0 Å². The first-order chi connectivity index (χ1) is 6.24. The van der Waals surface area contributed by atoms with Gasteiger partial charge in [0.15, 0.2) is 0 Å². The fraction of sp³-hybridized carbons (Fsp3) is 0.455. The van der Waals surface area contributed by atoms with E-state index in [1.165, 1.54) is 11.1 Å². The Labute approximate surface area is 79.7 Å². The van der Waals surface area contributed by atoms with Gasteiger partial charge >= 0.3 is 0 Å². The molecule has 0 aliphatic rings. The highest BCUT2D eigenvalue weighted by Gasteiger charge is 1.99. The summed E-state index contributed by atoms with van der Waals surface area (Å²) in [4.78, 5) is 0. The summed E-state index contributed by atoms with van der Waals surface area (Å²) in [6.07, 6.45) is 0.955. The number of rotatable bonds is 4. The SMILES string of the molecule is COCCc1cccc([C@@H](C)N)c1. The Balaban J connectivity index is 2.68. The van der Waals surface area contributed by atoms with Gasteiger partial charge in [-0.3, -0.25) is 0 Å². The molecule has 0 spiro atoms. The van der Waals surface area contributed by atoms with Gasteiger partial charge < -0.3 is 10.5 Å². The van der Waals surface area contributed by atoms with Crippen LogP contribution >= 0.6 is 0 Å². The third-order valence-electron chi connectivity index (χ3n) is 2.07. The number of methoxy groups -OCH3 is 1. The lowest BCUT2D eigenvalue weighted by Crippen LogP contribution is -2.05. The van der Waals surface area contributed by atoms with E-state index in [9.17, 15) is 0 Å². The van der Waals surface area contributed by atoms with Crippen LogP contribution in [0.15, 0.2) is 24.3 Å². The number of hydrogen-bond acceptors (Lipinski definition) is 2. The molecule has 13 heavy (non-hydrogen) atoms. The van der Waals surface area contributed by atoms with Gasteiger partial charge in [-0.1, -0.05) is 24.3 Å². The quantitative estimate of drug-likeness (QED) is 0.766. The number of nitrogens with two attached hydrogens (primary N) is 1. The van der Waals surface area contributed by atoms with Crippen molar-refractivity contribution in [3.8, 4) is 0 Å². The first-order valence-electron chi connectivity index (χ1n) is 4.57. The van der Waals surface area contributed by atoms with Crippen LogP contribution in [0, 0.1) is 0 Å². The fourth-order valence-corrected chi connectivity index (χ4v) is 1.25. The summed E-state index contributed by atoms with van der Waals surface area (Å²) in [5, 5.41) is 0. The summed E-state index contributed by atoms with van der Waals surface area (Å²) < 4.78 is 5.01. The maximum absolute atomic E-state index is 5.78. The third-order valence-corrected chi connectivity index (χ3v) is 2.07. The van der Waals surface area contributed by atoms with Crippen molar-refractivity contribution in [2.24, 2.45) is 5.73 Å². The van der Waals surface area contributed by atoms with E-state index in [0.29, 0.717) is 0 Å². The maximum Gasteiger partial charge on any atom is 0.0502 e. The number of benzene rings is 1. The van der Waals surface area contributed by atoms with Crippen LogP contribution in [-0.2, 0) is 11.2 Å². The molecular formula is C11H17NO. The van der Waals surface area contributed by atoms with Gasteiger partial charge in [0.2, 0.25) is 0 Å². The monoisotopic (exact) mass is 179 g/mol. The van der Waals surface area contributed by atoms with Gasteiger partial charge in [-0.2, -0.15) is 0 Å². The van der Waals surface area contributed by atoms with E-state index in [1.54, 1.807) is 7.11 Å². The molecule has 0 aromatic heterocycles. The van der Waals surface area contributed by atoms with E-state index in [4.69, 9.17) is 10.5 Å². The molecule has 0 unspecified atom stereocenters. The Bertz CT molecular complexity index is 258. The third kappa shape index (κ3) is 3.17. The number of hydrogen-bond donors (Lipinski definition) is 1. The first kappa shape index (κ1) is 10.2. The summed E-state index contributed by atoms with van der Waals surface area (Å²) in [6, 6.07) is 8.46. The van der Waals surface area contributed by atoms with Gasteiger partial charge in [-0.25, -0.2) is 0 Å². The van der Waals surface area contributed by atoms with Crippen LogP contribution in [0.2, 0.25) is 0 Å². The lowest BCUT2D eigenvalue weighted by atomic mass is 10.0. The van der Waals surface area contributed by atoms with E-state index in [2.05, 4.69) is 18.2 Å². The van der Waals surface area contributed by atoms with Crippen molar-refractivity contribution in [3.05, 3.63) is 35.4 Å². The van der Waals surface area contributed by atoms with Crippen LogP contribution in [-0.4, -0.2) is 13.7 Å². The second kappa shape index (κ2) is 5.00. The lowest BCUT2D eigenvalue weighted by molar-refractivity contribution is 0.202. The Kier molecular flexibility index (Phi) is 3.93. The summed E-state index contributed by atoms with van der Waals surface area (Å²) in [5.74, 6) is 0. The molecule has 1 aromatic carbocycles. The highest BCUT2D eigenvalue weighted by atomic mass is 16.5. The average molecular weight is 179 g/mol. The molecule has 0 radical (unpaired) electrons. The summed E-state index contributed by atoms with van der Waals surface area (Å²) in [6.45, 7) is 2.76. The average Bonchev–Trinajstić information content (AvgIpc) is 2.15. The Hall–Kier alpha value is -0.860. The molecule has 0 aliphatic heterocycles. The van der Waals surface area contributed by atoms with Gasteiger partial charge in [0.1, 0.15) is 0 Å². The smallest absolute Gasteiger partial charge is 0.0502 e. The molecule has 0 bridgehead atoms. The van der Waals surface area contributed by atoms with Crippen molar-refractivity contribution in [3.63, 3.8) is 0 Å². The van der Waals surface area contributed by atoms with E-state index in [1.807, 2.05) is 13.0 Å². The lowest BCUT2D eigenvalue weighted by Gasteiger charge is -2.07. The van der Waals surface area contributed by atoms with E-state index in [0.717, 1.165) is 13.0 Å². The molecular weight excluding hydrogens is 162 g/mol. The minimum Gasteiger partial charge on any atom is -0.384 e. The molecule has 0 fully saturated rings. The molecule has 2 nitrogen and oxygen atoms in total. The standard InChI is InChI=1S/C11H17NO/c1-9(12)11-5-3-4-10(8-11)6-7-13-2/h3-5,8-9H,6-7,12H2,1-2H3/t9-/m1/s1. The Morgan fingerprint density at radius 1 is 1.46 bits per heavy atom. The topological polar surface area (TPSA) is 35.2 Å². The Morgan fingerprint density at radius 3 is 2.85 bits per heavy atom. The van der Waals surface area contributed by atoms with Crippen molar-refractivity contribution in [1.82, 2.24) is 0 Å². The van der Waals surface area contributed by atoms with Crippen molar-refractivity contribution in [1.29, 1.82) is 0 Å². The molecule has 2 N–H and O–H groups in total. The van der Waals surface area contributed by atoms with E-state index >= 15 is 0 Å². The van der Waals surface area contributed by atoms with E-state index < -0.39 is 0 Å². The van der Waals surface area contributed by atoms with Crippen LogP contribution in [0.1, 0.15) is 24.1 Å². The molecule has 1 aromatic rings. The van der Waals surface area contributed by atoms with Crippen molar-refractivity contribution in [2.45, 2.75) is 19.4 Å². The number of ether oxygens (including phenoxy) is 1. The van der Waals surface area contributed by atoms with Gasteiger partial charge in [-0.05, 0) is 24.5 Å². The largest absolute Gasteiger partial charge is 0.384 e. The molecule has 0 aliphatic carbocycles. The summed E-state index contributed by atoms with van der Waals surface area (Å²) in [7, 11) is 1.72. The molecule has 72 valence electrons. The normalized spacial score (nSPS) is 12.8. The van der Waals surface area contributed by atoms with Crippen LogP contribution < -0.4 is 5.73 Å². The molecule has 2 heteroatoms. The predicted molar refractivity (Wildman–Crippen MR) is 54.6 cm³/mol. The van der Waals surface area contributed by atoms with Crippen LogP contribution in [0.5, 0.6) is 0 Å². The molecule has 0 saturated heterocycles. The molecule has 0 heterocycles. The second-order valence-electron chi connectivity index (χ2n) is 3.28. The fourth-order valence-electron chi connectivity index (χ4n) is 1.25. The highest BCUT2D eigenvalue weighted by molar-refractivity contribution is 5.25.